The lowest BCUT2D eigenvalue weighted by Crippen LogP contribution is -2.35. The van der Waals surface area contributed by atoms with Crippen LogP contribution in [0.2, 0.25) is 0 Å². The number of aromatic nitrogens is 2. The van der Waals surface area contributed by atoms with Crippen LogP contribution in [-0.2, 0) is 6.54 Å². The molecule has 4 nitrogen and oxygen atoms in total. The summed E-state index contributed by atoms with van der Waals surface area (Å²) >= 11 is 0. The molecule has 4 heteroatoms. The molecule has 1 saturated heterocycles. The Balaban J connectivity index is 2.21. The van der Waals surface area contributed by atoms with E-state index >= 15 is 0 Å². The van der Waals surface area contributed by atoms with Crippen LogP contribution < -0.4 is 5.73 Å². The molecule has 2 N–H and O–H groups in total. The molecule has 0 saturated carbocycles. The van der Waals surface area contributed by atoms with Crippen molar-refractivity contribution < 1.29 is 0 Å². The second kappa shape index (κ2) is 5.19. The molecular formula is C13H24N4. The van der Waals surface area contributed by atoms with Crippen LogP contribution in [0.4, 0.5) is 0 Å². The van der Waals surface area contributed by atoms with Gasteiger partial charge in [0, 0.05) is 31.9 Å². The zero-order valence-corrected chi connectivity index (χ0v) is 11.1. The standard InChI is InChI=1S/C13H24N4/c1-4-17-12(5-7-15-17)13-11(14)6-8-16(13)9-10(2)3/h5,7,10-11,13H,4,6,8-9,14H2,1-3H3. The highest BCUT2D eigenvalue weighted by Crippen LogP contribution is 2.31. The highest BCUT2D eigenvalue weighted by molar-refractivity contribution is 5.13. The van der Waals surface area contributed by atoms with Crippen LogP contribution in [0.15, 0.2) is 12.3 Å². The minimum atomic E-state index is 0.246. The molecule has 1 aromatic rings. The Morgan fingerprint density at radius 3 is 2.94 bits per heavy atom. The van der Waals surface area contributed by atoms with Crippen LogP contribution in [0.5, 0.6) is 0 Å². The fourth-order valence-electron chi connectivity index (χ4n) is 2.82. The summed E-state index contributed by atoms with van der Waals surface area (Å²) in [6, 6.07) is 2.71. The molecule has 0 amide bonds. The van der Waals surface area contributed by atoms with Crippen LogP contribution in [0.1, 0.15) is 38.9 Å². The van der Waals surface area contributed by atoms with Crippen LogP contribution in [0.3, 0.4) is 0 Å². The van der Waals surface area contributed by atoms with Gasteiger partial charge in [0.25, 0.3) is 0 Å². The molecule has 0 bridgehead atoms. The van der Waals surface area contributed by atoms with E-state index in [1.807, 2.05) is 6.20 Å². The first-order valence-electron chi connectivity index (χ1n) is 6.64. The Kier molecular flexibility index (Phi) is 3.84. The number of rotatable bonds is 4. The van der Waals surface area contributed by atoms with Gasteiger partial charge in [0.1, 0.15) is 0 Å². The summed E-state index contributed by atoms with van der Waals surface area (Å²) in [6.07, 6.45) is 2.98. The molecule has 1 fully saturated rings. The van der Waals surface area contributed by atoms with E-state index in [1.165, 1.54) is 5.69 Å². The summed E-state index contributed by atoms with van der Waals surface area (Å²) in [7, 11) is 0. The number of nitrogens with two attached hydrogens (primary N) is 1. The fourth-order valence-corrected chi connectivity index (χ4v) is 2.82. The second-order valence-corrected chi connectivity index (χ2v) is 5.36. The van der Waals surface area contributed by atoms with Crippen molar-refractivity contribution in [2.24, 2.45) is 11.7 Å². The summed E-state index contributed by atoms with van der Waals surface area (Å²) in [6.45, 7) is 9.80. The van der Waals surface area contributed by atoms with E-state index in [4.69, 9.17) is 5.73 Å². The van der Waals surface area contributed by atoms with E-state index in [1.54, 1.807) is 0 Å². The SMILES string of the molecule is CCn1nccc1C1C(N)CCN1CC(C)C. The Labute approximate surface area is 104 Å². The zero-order chi connectivity index (χ0) is 12.4. The average Bonchev–Trinajstić information content (AvgIpc) is 2.84. The van der Waals surface area contributed by atoms with Crippen LogP contribution in [0.25, 0.3) is 0 Å². The molecule has 2 unspecified atom stereocenters. The van der Waals surface area contributed by atoms with Gasteiger partial charge in [-0.3, -0.25) is 9.58 Å². The highest BCUT2D eigenvalue weighted by Gasteiger charge is 2.34. The van der Waals surface area contributed by atoms with E-state index in [-0.39, 0.29) is 6.04 Å². The van der Waals surface area contributed by atoms with Gasteiger partial charge in [0.2, 0.25) is 0 Å². The van der Waals surface area contributed by atoms with Crippen LogP contribution in [0, 0.1) is 5.92 Å². The Hall–Kier alpha value is -0.870. The molecule has 0 aromatic carbocycles. The smallest absolute Gasteiger partial charge is 0.0671 e. The van der Waals surface area contributed by atoms with Gasteiger partial charge < -0.3 is 5.73 Å². The maximum atomic E-state index is 6.28. The lowest BCUT2D eigenvalue weighted by Gasteiger charge is -2.28. The zero-order valence-electron chi connectivity index (χ0n) is 11.1. The topological polar surface area (TPSA) is 47.1 Å². The van der Waals surface area contributed by atoms with Crippen molar-refractivity contribution in [1.82, 2.24) is 14.7 Å². The van der Waals surface area contributed by atoms with E-state index in [2.05, 4.69) is 41.5 Å². The Bertz CT molecular complexity index is 358. The number of hydrogen-bond donors (Lipinski definition) is 1. The normalized spacial score (nSPS) is 25.9. The quantitative estimate of drug-likeness (QED) is 0.864. The molecule has 0 radical (unpaired) electrons. The predicted molar refractivity (Wildman–Crippen MR) is 69.6 cm³/mol. The van der Waals surface area contributed by atoms with E-state index in [0.29, 0.717) is 12.0 Å². The van der Waals surface area contributed by atoms with E-state index in [9.17, 15) is 0 Å². The molecule has 1 aromatic heterocycles. The summed E-state index contributed by atoms with van der Waals surface area (Å²) in [5, 5.41) is 4.36. The van der Waals surface area contributed by atoms with E-state index in [0.717, 1.165) is 26.1 Å². The Morgan fingerprint density at radius 2 is 2.29 bits per heavy atom. The summed E-state index contributed by atoms with van der Waals surface area (Å²) in [5.41, 5.74) is 7.55. The lowest BCUT2D eigenvalue weighted by molar-refractivity contribution is 0.212. The molecule has 1 aliphatic rings. The maximum Gasteiger partial charge on any atom is 0.0671 e. The van der Waals surface area contributed by atoms with Gasteiger partial charge in [-0.05, 0) is 25.3 Å². The molecule has 2 rings (SSSR count). The second-order valence-electron chi connectivity index (χ2n) is 5.36. The van der Waals surface area contributed by atoms with Crippen molar-refractivity contribution in [3.63, 3.8) is 0 Å². The minimum absolute atomic E-state index is 0.246. The third-order valence-corrected chi connectivity index (χ3v) is 3.50. The summed E-state index contributed by atoms with van der Waals surface area (Å²) < 4.78 is 2.07. The first kappa shape index (κ1) is 12.6. The third-order valence-electron chi connectivity index (χ3n) is 3.50. The minimum Gasteiger partial charge on any atom is -0.326 e. The lowest BCUT2D eigenvalue weighted by atomic mass is 10.1. The number of likely N-dealkylation sites (tertiary alicyclic amines) is 1. The molecule has 2 heterocycles. The number of nitrogens with zero attached hydrogens (tertiary/aromatic N) is 3. The summed E-state index contributed by atoms with van der Waals surface area (Å²) in [5.74, 6) is 0.681. The molecular weight excluding hydrogens is 212 g/mol. The van der Waals surface area contributed by atoms with Gasteiger partial charge in [-0.2, -0.15) is 5.10 Å². The fraction of sp³-hybridized carbons (Fsp3) is 0.769. The van der Waals surface area contributed by atoms with Crippen molar-refractivity contribution in [3.05, 3.63) is 18.0 Å². The highest BCUT2D eigenvalue weighted by atomic mass is 15.3. The van der Waals surface area contributed by atoms with Crippen LogP contribution in [-0.4, -0.2) is 33.8 Å². The molecule has 96 valence electrons. The average molecular weight is 236 g/mol. The van der Waals surface area contributed by atoms with E-state index < -0.39 is 0 Å². The molecule has 0 aliphatic carbocycles. The van der Waals surface area contributed by atoms with Gasteiger partial charge >= 0.3 is 0 Å². The van der Waals surface area contributed by atoms with Gasteiger partial charge in [-0.15, -0.1) is 0 Å². The number of aryl methyl sites for hydroxylation is 1. The maximum absolute atomic E-state index is 6.28. The largest absolute Gasteiger partial charge is 0.326 e. The number of hydrogen-bond acceptors (Lipinski definition) is 3. The van der Waals surface area contributed by atoms with Gasteiger partial charge in [-0.25, -0.2) is 0 Å². The molecule has 17 heavy (non-hydrogen) atoms. The summed E-state index contributed by atoms with van der Waals surface area (Å²) in [4.78, 5) is 2.51. The monoisotopic (exact) mass is 236 g/mol. The Morgan fingerprint density at radius 1 is 1.53 bits per heavy atom. The first-order chi connectivity index (χ1) is 8.13. The van der Waals surface area contributed by atoms with Crippen molar-refractivity contribution in [2.45, 2.75) is 45.8 Å². The van der Waals surface area contributed by atoms with Crippen LogP contribution >= 0.6 is 0 Å². The molecule has 0 spiro atoms. The van der Waals surface area contributed by atoms with Crippen molar-refractivity contribution in [3.8, 4) is 0 Å². The van der Waals surface area contributed by atoms with Gasteiger partial charge in [-0.1, -0.05) is 13.8 Å². The van der Waals surface area contributed by atoms with Crippen molar-refractivity contribution in [1.29, 1.82) is 0 Å². The first-order valence-corrected chi connectivity index (χ1v) is 6.64. The van der Waals surface area contributed by atoms with Crippen molar-refractivity contribution >= 4 is 0 Å². The third kappa shape index (κ3) is 2.53. The molecule has 1 aliphatic heterocycles. The van der Waals surface area contributed by atoms with Crippen molar-refractivity contribution in [2.75, 3.05) is 13.1 Å². The van der Waals surface area contributed by atoms with Gasteiger partial charge in [0.05, 0.1) is 11.7 Å². The predicted octanol–water partition coefficient (Wildman–Crippen LogP) is 1.63. The van der Waals surface area contributed by atoms with Gasteiger partial charge in [0.15, 0.2) is 0 Å². The molecule has 2 atom stereocenters.